The lowest BCUT2D eigenvalue weighted by Gasteiger charge is -2.26. The highest BCUT2D eigenvalue weighted by Gasteiger charge is 2.32. The summed E-state index contributed by atoms with van der Waals surface area (Å²) in [6, 6.07) is 9.92. The number of hydrogen-bond acceptors (Lipinski definition) is 5. The average molecular weight is 492 g/mol. The molecule has 1 unspecified atom stereocenters. The van der Waals surface area contributed by atoms with Crippen LogP contribution in [-0.2, 0) is 11.8 Å². The largest absolute Gasteiger partial charge is 0.444 e. The molecule has 0 radical (unpaired) electrons. The molecule has 1 aromatic carbocycles. The van der Waals surface area contributed by atoms with E-state index in [9.17, 15) is 9.59 Å². The Morgan fingerprint density at radius 1 is 1.19 bits per heavy atom. The van der Waals surface area contributed by atoms with Crippen LogP contribution in [0.15, 0.2) is 36.5 Å². The maximum Gasteiger partial charge on any atom is 0.410 e. The topological polar surface area (TPSA) is 80.6 Å². The summed E-state index contributed by atoms with van der Waals surface area (Å²) < 4.78 is 7.34. The maximum absolute atomic E-state index is 13.6. The van der Waals surface area contributed by atoms with E-state index in [1.54, 1.807) is 9.58 Å². The fourth-order valence-corrected chi connectivity index (χ4v) is 4.86. The van der Waals surface area contributed by atoms with E-state index in [0.29, 0.717) is 25.2 Å². The molecular formula is C28H37N5O3. The highest BCUT2D eigenvalue weighted by atomic mass is 16.6. The summed E-state index contributed by atoms with van der Waals surface area (Å²) in [6.45, 7) is 13.5. The summed E-state index contributed by atoms with van der Waals surface area (Å²) >= 11 is 0. The molecule has 1 aliphatic rings. The number of carbonyl (C=O) groups excluding carboxylic acids is 2. The van der Waals surface area contributed by atoms with Gasteiger partial charge in [-0.25, -0.2) is 9.78 Å². The zero-order chi connectivity index (χ0) is 26.2. The lowest BCUT2D eigenvalue weighted by molar-refractivity contribution is 0.0292. The lowest BCUT2D eigenvalue weighted by atomic mass is 9.94. The first kappa shape index (κ1) is 25.7. The third-order valence-corrected chi connectivity index (χ3v) is 6.66. The number of ether oxygens (including phenoxy) is 1. The SMILES string of the molecule is CCN(C(=O)c1ccccc1-c1cc(C2CCN(C(=O)OC(C)(C)C)C2)nc2c1cnn2C)C(C)C. The van der Waals surface area contributed by atoms with E-state index < -0.39 is 5.60 Å². The van der Waals surface area contributed by atoms with Crippen molar-refractivity contribution < 1.29 is 14.3 Å². The normalized spacial score (nSPS) is 16.1. The molecule has 1 aliphatic heterocycles. The predicted octanol–water partition coefficient (Wildman–Crippen LogP) is 5.23. The molecule has 1 atom stereocenters. The van der Waals surface area contributed by atoms with Crippen LogP contribution in [0.3, 0.4) is 0 Å². The first-order valence-electron chi connectivity index (χ1n) is 12.7. The van der Waals surface area contributed by atoms with Crippen molar-refractivity contribution in [1.82, 2.24) is 24.6 Å². The highest BCUT2D eigenvalue weighted by molar-refractivity contribution is 6.05. The smallest absolute Gasteiger partial charge is 0.410 e. The van der Waals surface area contributed by atoms with Crippen molar-refractivity contribution >= 4 is 23.0 Å². The molecule has 36 heavy (non-hydrogen) atoms. The van der Waals surface area contributed by atoms with Crippen LogP contribution >= 0.6 is 0 Å². The molecule has 1 saturated heterocycles. The molecule has 2 amide bonds. The van der Waals surface area contributed by atoms with Gasteiger partial charge in [-0.05, 0) is 71.2 Å². The van der Waals surface area contributed by atoms with Gasteiger partial charge in [0.05, 0.1) is 6.20 Å². The van der Waals surface area contributed by atoms with Gasteiger partial charge in [0, 0.05) is 55.3 Å². The minimum absolute atomic E-state index is 0.00969. The van der Waals surface area contributed by atoms with E-state index in [0.717, 1.165) is 34.3 Å². The van der Waals surface area contributed by atoms with Gasteiger partial charge in [0.2, 0.25) is 0 Å². The molecule has 192 valence electrons. The Balaban J connectivity index is 1.75. The van der Waals surface area contributed by atoms with Crippen LogP contribution in [0.5, 0.6) is 0 Å². The zero-order valence-corrected chi connectivity index (χ0v) is 22.4. The summed E-state index contributed by atoms with van der Waals surface area (Å²) in [5.41, 5.74) is 3.58. The van der Waals surface area contributed by atoms with Crippen LogP contribution < -0.4 is 0 Å². The van der Waals surface area contributed by atoms with Crippen molar-refractivity contribution in [3.05, 3.63) is 47.8 Å². The number of carbonyl (C=O) groups is 2. The molecule has 3 aromatic rings. The molecule has 1 fully saturated rings. The number of aromatic nitrogens is 3. The Bertz CT molecular complexity index is 1270. The fraction of sp³-hybridized carbons (Fsp3) is 0.500. The molecule has 0 bridgehead atoms. The average Bonchev–Trinajstić information content (AvgIpc) is 3.45. The summed E-state index contributed by atoms with van der Waals surface area (Å²) in [5.74, 6) is 0.0803. The van der Waals surface area contributed by atoms with Gasteiger partial charge in [0.15, 0.2) is 5.65 Å². The molecule has 0 aliphatic carbocycles. The van der Waals surface area contributed by atoms with Crippen molar-refractivity contribution in [3.8, 4) is 11.1 Å². The van der Waals surface area contributed by atoms with Gasteiger partial charge >= 0.3 is 6.09 Å². The number of amides is 2. The Labute approximate surface area is 213 Å². The molecule has 2 aromatic heterocycles. The Kier molecular flexibility index (Phi) is 7.07. The van der Waals surface area contributed by atoms with Gasteiger partial charge in [-0.1, -0.05) is 18.2 Å². The van der Waals surface area contributed by atoms with Crippen molar-refractivity contribution in [2.45, 2.75) is 65.5 Å². The summed E-state index contributed by atoms with van der Waals surface area (Å²) in [6.07, 6.45) is 2.31. The number of nitrogens with zero attached hydrogens (tertiary/aromatic N) is 5. The second kappa shape index (κ2) is 9.91. The second-order valence-electron chi connectivity index (χ2n) is 10.7. The van der Waals surface area contributed by atoms with Gasteiger partial charge in [-0.15, -0.1) is 0 Å². The van der Waals surface area contributed by atoms with Crippen LogP contribution in [-0.4, -0.2) is 67.8 Å². The maximum atomic E-state index is 13.6. The number of pyridine rings is 1. The predicted molar refractivity (Wildman–Crippen MR) is 141 cm³/mol. The Hall–Kier alpha value is -3.42. The Morgan fingerprint density at radius 3 is 2.58 bits per heavy atom. The number of likely N-dealkylation sites (tertiary alicyclic amines) is 1. The van der Waals surface area contributed by atoms with E-state index in [1.165, 1.54) is 0 Å². The minimum atomic E-state index is -0.535. The molecule has 4 rings (SSSR count). The lowest BCUT2D eigenvalue weighted by Crippen LogP contribution is -2.36. The van der Waals surface area contributed by atoms with Crippen molar-refractivity contribution in [3.63, 3.8) is 0 Å². The van der Waals surface area contributed by atoms with E-state index in [4.69, 9.17) is 9.72 Å². The van der Waals surface area contributed by atoms with Gasteiger partial charge < -0.3 is 14.5 Å². The van der Waals surface area contributed by atoms with Crippen molar-refractivity contribution in [2.24, 2.45) is 7.05 Å². The molecule has 3 heterocycles. The minimum Gasteiger partial charge on any atom is -0.444 e. The Morgan fingerprint density at radius 2 is 1.92 bits per heavy atom. The summed E-state index contributed by atoms with van der Waals surface area (Å²) in [4.78, 5) is 34.8. The number of hydrogen-bond donors (Lipinski definition) is 0. The van der Waals surface area contributed by atoms with Crippen LogP contribution in [0.1, 0.15) is 69.9 Å². The van der Waals surface area contributed by atoms with Crippen molar-refractivity contribution in [2.75, 3.05) is 19.6 Å². The van der Waals surface area contributed by atoms with Crippen LogP contribution in [0.4, 0.5) is 4.79 Å². The van der Waals surface area contributed by atoms with Gasteiger partial charge in [0.1, 0.15) is 5.60 Å². The number of rotatable bonds is 5. The van der Waals surface area contributed by atoms with Crippen LogP contribution in [0.25, 0.3) is 22.2 Å². The third kappa shape index (κ3) is 5.08. The molecule has 8 heteroatoms. The quantitative estimate of drug-likeness (QED) is 0.488. The summed E-state index contributed by atoms with van der Waals surface area (Å²) in [5, 5.41) is 5.36. The fourth-order valence-electron chi connectivity index (χ4n) is 4.86. The number of fused-ring (bicyclic) bond motifs is 1. The molecule has 0 saturated carbocycles. The number of benzene rings is 1. The molecule has 8 nitrogen and oxygen atoms in total. The van der Waals surface area contributed by atoms with E-state index in [1.807, 2.05) is 84.0 Å². The van der Waals surface area contributed by atoms with Gasteiger partial charge in [-0.3, -0.25) is 9.48 Å². The highest BCUT2D eigenvalue weighted by Crippen LogP contribution is 2.36. The van der Waals surface area contributed by atoms with E-state index in [2.05, 4.69) is 11.2 Å². The van der Waals surface area contributed by atoms with E-state index >= 15 is 0 Å². The van der Waals surface area contributed by atoms with Gasteiger partial charge in [0.25, 0.3) is 5.91 Å². The van der Waals surface area contributed by atoms with Gasteiger partial charge in [-0.2, -0.15) is 5.10 Å². The standard InChI is InChI=1S/C28H37N5O3/c1-8-33(18(2)3)26(34)21-12-10-9-11-20(21)22-15-24(30-25-23(22)16-29-31(25)7)19-13-14-32(17-19)27(35)36-28(4,5)6/h9-12,15-16,18-19H,8,13-14,17H2,1-7H3. The molecular weight excluding hydrogens is 454 g/mol. The third-order valence-electron chi connectivity index (χ3n) is 6.66. The second-order valence-corrected chi connectivity index (χ2v) is 10.7. The summed E-state index contributed by atoms with van der Waals surface area (Å²) in [7, 11) is 1.87. The van der Waals surface area contributed by atoms with E-state index in [-0.39, 0.29) is 24.0 Å². The first-order chi connectivity index (χ1) is 17.0. The molecule has 0 spiro atoms. The van der Waals surface area contributed by atoms with Crippen LogP contribution in [0, 0.1) is 0 Å². The van der Waals surface area contributed by atoms with Crippen molar-refractivity contribution in [1.29, 1.82) is 0 Å². The first-order valence-corrected chi connectivity index (χ1v) is 12.7. The van der Waals surface area contributed by atoms with Crippen LogP contribution in [0.2, 0.25) is 0 Å². The molecule has 0 N–H and O–H groups in total. The zero-order valence-electron chi connectivity index (χ0n) is 22.4. The monoisotopic (exact) mass is 491 g/mol. The number of aryl methyl sites for hydroxylation is 1.